The Balaban J connectivity index is 2.24. The maximum atomic E-state index is 9.67. The summed E-state index contributed by atoms with van der Waals surface area (Å²) < 4.78 is 5.59. The van der Waals surface area contributed by atoms with Gasteiger partial charge in [0.15, 0.2) is 0 Å². The Bertz CT molecular complexity index is 405. The fourth-order valence-corrected chi connectivity index (χ4v) is 2.79. The van der Waals surface area contributed by atoms with Crippen molar-refractivity contribution in [2.75, 3.05) is 13.2 Å². The van der Waals surface area contributed by atoms with E-state index in [1.54, 1.807) is 0 Å². The van der Waals surface area contributed by atoms with Crippen molar-refractivity contribution >= 4 is 11.6 Å². The molecule has 0 bridgehead atoms. The van der Waals surface area contributed by atoms with Gasteiger partial charge in [0.1, 0.15) is 0 Å². The van der Waals surface area contributed by atoms with Crippen LogP contribution >= 0.6 is 11.6 Å². The van der Waals surface area contributed by atoms with Gasteiger partial charge in [0.25, 0.3) is 0 Å². The molecular weight excluding hydrogens is 236 g/mol. The molecule has 1 fully saturated rings. The Hall–Kier alpha value is -0.570. The Labute approximate surface area is 108 Å². The Kier molecular flexibility index (Phi) is 3.76. The molecular formula is C14H19ClO2. The lowest BCUT2D eigenvalue weighted by Crippen LogP contribution is -2.35. The van der Waals surface area contributed by atoms with Gasteiger partial charge in [-0.05, 0) is 43.9 Å². The third-order valence-corrected chi connectivity index (χ3v) is 4.25. The van der Waals surface area contributed by atoms with Crippen LogP contribution in [0.4, 0.5) is 0 Å². The molecule has 94 valence electrons. The Morgan fingerprint density at radius 2 is 2.29 bits per heavy atom. The number of rotatable bonds is 3. The minimum atomic E-state index is -0.168. The lowest BCUT2D eigenvalue weighted by atomic mass is 9.77. The van der Waals surface area contributed by atoms with Gasteiger partial charge in [-0.15, -0.1) is 0 Å². The molecule has 1 saturated heterocycles. The Morgan fingerprint density at radius 1 is 1.53 bits per heavy atom. The molecule has 0 saturated carbocycles. The topological polar surface area (TPSA) is 29.5 Å². The van der Waals surface area contributed by atoms with Crippen molar-refractivity contribution in [3.63, 3.8) is 0 Å². The zero-order valence-electron chi connectivity index (χ0n) is 10.4. The SMILES string of the molecule is Cc1ccc(CC2(CO)CCOC2C)c(Cl)c1. The highest BCUT2D eigenvalue weighted by atomic mass is 35.5. The first-order valence-corrected chi connectivity index (χ1v) is 6.43. The summed E-state index contributed by atoms with van der Waals surface area (Å²) >= 11 is 6.25. The minimum Gasteiger partial charge on any atom is -0.396 e. The minimum absolute atomic E-state index is 0.0878. The van der Waals surface area contributed by atoms with Gasteiger partial charge in [-0.2, -0.15) is 0 Å². The van der Waals surface area contributed by atoms with Gasteiger partial charge < -0.3 is 9.84 Å². The van der Waals surface area contributed by atoms with Crippen molar-refractivity contribution in [3.8, 4) is 0 Å². The molecule has 1 aliphatic rings. The molecule has 2 unspecified atom stereocenters. The van der Waals surface area contributed by atoms with Crippen molar-refractivity contribution in [1.29, 1.82) is 0 Å². The van der Waals surface area contributed by atoms with Crippen molar-refractivity contribution < 1.29 is 9.84 Å². The van der Waals surface area contributed by atoms with Crippen molar-refractivity contribution in [2.24, 2.45) is 5.41 Å². The molecule has 0 aromatic heterocycles. The average Bonchev–Trinajstić information content (AvgIpc) is 2.65. The van der Waals surface area contributed by atoms with E-state index in [4.69, 9.17) is 16.3 Å². The van der Waals surface area contributed by atoms with Crippen LogP contribution in [-0.2, 0) is 11.2 Å². The third-order valence-electron chi connectivity index (χ3n) is 3.90. The summed E-state index contributed by atoms with van der Waals surface area (Å²) in [7, 11) is 0. The second-order valence-corrected chi connectivity index (χ2v) is 5.46. The quantitative estimate of drug-likeness (QED) is 0.899. The third kappa shape index (κ3) is 2.49. The smallest absolute Gasteiger partial charge is 0.0629 e. The maximum Gasteiger partial charge on any atom is 0.0629 e. The first-order chi connectivity index (χ1) is 8.07. The molecule has 1 N–H and O–H groups in total. The summed E-state index contributed by atoms with van der Waals surface area (Å²) in [5, 5.41) is 10.5. The van der Waals surface area contributed by atoms with Gasteiger partial charge in [-0.1, -0.05) is 23.7 Å². The fourth-order valence-electron chi connectivity index (χ4n) is 2.49. The van der Waals surface area contributed by atoms with Crippen molar-refractivity contribution in [1.82, 2.24) is 0 Å². The van der Waals surface area contributed by atoms with E-state index in [0.717, 1.165) is 35.6 Å². The van der Waals surface area contributed by atoms with E-state index >= 15 is 0 Å². The highest BCUT2D eigenvalue weighted by molar-refractivity contribution is 6.31. The van der Waals surface area contributed by atoms with E-state index in [2.05, 4.69) is 12.1 Å². The molecule has 2 rings (SSSR count). The van der Waals surface area contributed by atoms with Crippen LogP contribution in [0, 0.1) is 12.3 Å². The molecule has 17 heavy (non-hydrogen) atoms. The molecule has 0 radical (unpaired) electrons. The van der Waals surface area contributed by atoms with Crippen LogP contribution in [0.3, 0.4) is 0 Å². The van der Waals surface area contributed by atoms with Crippen LogP contribution in [-0.4, -0.2) is 24.4 Å². The zero-order chi connectivity index (χ0) is 12.5. The summed E-state index contributed by atoms with van der Waals surface area (Å²) in [6.45, 7) is 4.94. The zero-order valence-corrected chi connectivity index (χ0v) is 11.1. The number of ether oxygens (including phenoxy) is 1. The van der Waals surface area contributed by atoms with Crippen LogP contribution in [0.25, 0.3) is 0 Å². The van der Waals surface area contributed by atoms with E-state index in [1.807, 2.05) is 19.9 Å². The van der Waals surface area contributed by atoms with E-state index in [-0.39, 0.29) is 18.1 Å². The van der Waals surface area contributed by atoms with Crippen LogP contribution in [0.2, 0.25) is 5.02 Å². The summed E-state index contributed by atoms with van der Waals surface area (Å²) in [4.78, 5) is 0. The van der Waals surface area contributed by atoms with Gasteiger partial charge in [0.05, 0.1) is 12.7 Å². The van der Waals surface area contributed by atoms with Gasteiger partial charge >= 0.3 is 0 Å². The first-order valence-electron chi connectivity index (χ1n) is 6.05. The van der Waals surface area contributed by atoms with E-state index in [1.165, 1.54) is 0 Å². The molecule has 1 aromatic rings. The lowest BCUT2D eigenvalue weighted by molar-refractivity contribution is 0.0272. The number of halogens is 1. The normalized spacial score (nSPS) is 28.6. The summed E-state index contributed by atoms with van der Waals surface area (Å²) in [5.74, 6) is 0. The van der Waals surface area contributed by atoms with E-state index < -0.39 is 0 Å². The summed E-state index contributed by atoms with van der Waals surface area (Å²) in [5.41, 5.74) is 2.09. The second kappa shape index (κ2) is 4.97. The molecule has 1 aliphatic heterocycles. The van der Waals surface area contributed by atoms with Gasteiger partial charge in [0.2, 0.25) is 0 Å². The molecule has 2 atom stereocenters. The summed E-state index contributed by atoms with van der Waals surface area (Å²) in [6.07, 6.45) is 1.77. The van der Waals surface area contributed by atoms with Crippen LogP contribution in [0.5, 0.6) is 0 Å². The van der Waals surface area contributed by atoms with E-state index in [0.29, 0.717) is 0 Å². The van der Waals surface area contributed by atoms with Crippen LogP contribution < -0.4 is 0 Å². The molecule has 2 nitrogen and oxygen atoms in total. The predicted octanol–water partition coefficient (Wildman–Crippen LogP) is 2.98. The lowest BCUT2D eigenvalue weighted by Gasteiger charge is -2.30. The molecule has 1 aromatic carbocycles. The van der Waals surface area contributed by atoms with Gasteiger partial charge in [-0.3, -0.25) is 0 Å². The Morgan fingerprint density at radius 3 is 2.82 bits per heavy atom. The number of hydrogen-bond acceptors (Lipinski definition) is 2. The van der Waals surface area contributed by atoms with Crippen LogP contribution in [0.1, 0.15) is 24.5 Å². The first kappa shape index (κ1) is 12.9. The monoisotopic (exact) mass is 254 g/mol. The van der Waals surface area contributed by atoms with Crippen molar-refractivity contribution in [3.05, 3.63) is 34.3 Å². The van der Waals surface area contributed by atoms with E-state index in [9.17, 15) is 5.11 Å². The second-order valence-electron chi connectivity index (χ2n) is 5.06. The maximum absolute atomic E-state index is 9.67. The average molecular weight is 255 g/mol. The number of hydrogen-bond donors (Lipinski definition) is 1. The number of aryl methyl sites for hydroxylation is 1. The number of benzene rings is 1. The molecule has 1 heterocycles. The summed E-state index contributed by atoms with van der Waals surface area (Å²) in [6, 6.07) is 6.09. The number of aliphatic hydroxyl groups is 1. The number of aliphatic hydroxyl groups excluding tert-OH is 1. The van der Waals surface area contributed by atoms with Gasteiger partial charge in [-0.25, -0.2) is 0 Å². The van der Waals surface area contributed by atoms with Crippen LogP contribution in [0.15, 0.2) is 18.2 Å². The molecule has 3 heteroatoms. The van der Waals surface area contributed by atoms with Crippen molar-refractivity contribution in [2.45, 2.75) is 32.8 Å². The van der Waals surface area contributed by atoms with Gasteiger partial charge in [0, 0.05) is 17.0 Å². The standard InChI is InChI=1S/C14H19ClO2/c1-10-3-4-12(13(15)7-10)8-14(9-16)5-6-17-11(14)2/h3-4,7,11,16H,5-6,8-9H2,1-2H3. The highest BCUT2D eigenvalue weighted by Gasteiger charge is 2.41. The largest absolute Gasteiger partial charge is 0.396 e. The molecule has 0 spiro atoms. The molecule has 0 aliphatic carbocycles. The predicted molar refractivity (Wildman–Crippen MR) is 69.4 cm³/mol. The molecule has 0 amide bonds. The highest BCUT2D eigenvalue weighted by Crippen LogP contribution is 2.39. The fraction of sp³-hybridized carbons (Fsp3) is 0.571.